The van der Waals surface area contributed by atoms with Crippen molar-refractivity contribution in [2.24, 2.45) is 0 Å². The van der Waals surface area contributed by atoms with Crippen molar-refractivity contribution in [2.75, 3.05) is 6.26 Å². The molecule has 0 radical (unpaired) electrons. The molecule has 2 aromatic heterocycles. The predicted molar refractivity (Wildman–Crippen MR) is 100 cm³/mol. The maximum Gasteiger partial charge on any atom is 0.299 e. The first kappa shape index (κ1) is 18.0. The summed E-state index contributed by atoms with van der Waals surface area (Å²) in [5.41, 5.74) is 0.689. The van der Waals surface area contributed by atoms with Crippen LogP contribution >= 0.6 is 23.4 Å². The summed E-state index contributed by atoms with van der Waals surface area (Å²) in [5, 5.41) is 11.3. The highest BCUT2D eigenvalue weighted by Crippen LogP contribution is 2.20. The molecule has 0 saturated carbocycles. The number of thioether (sulfide) groups is 1. The fourth-order valence-electron chi connectivity index (χ4n) is 2.69. The first-order chi connectivity index (χ1) is 11.8. The number of halogens is 1. The van der Waals surface area contributed by atoms with Gasteiger partial charge >= 0.3 is 0 Å². The standard InChI is InChI=1S/C17H19ClN4O2S/c1-17(2,24)9-21-10-19-14-13(21)15(23)20-16(25-3)22(14)8-11-4-6-12(18)7-5-11/h4-7,10,24H,8-9H2,1-3H3. The molecule has 6 nitrogen and oxygen atoms in total. The van der Waals surface area contributed by atoms with Crippen molar-refractivity contribution in [1.82, 2.24) is 19.1 Å². The van der Waals surface area contributed by atoms with Crippen LogP contribution in [0.1, 0.15) is 19.4 Å². The van der Waals surface area contributed by atoms with Gasteiger partial charge in [0.05, 0.1) is 25.0 Å². The normalized spacial score (nSPS) is 12.0. The molecule has 3 rings (SSSR count). The molecular formula is C17H19ClN4O2S. The Morgan fingerprint density at radius 1 is 1.28 bits per heavy atom. The van der Waals surface area contributed by atoms with E-state index in [9.17, 15) is 9.90 Å². The van der Waals surface area contributed by atoms with Gasteiger partial charge in [-0.25, -0.2) is 4.98 Å². The lowest BCUT2D eigenvalue weighted by Gasteiger charge is -2.18. The minimum atomic E-state index is -0.959. The monoisotopic (exact) mass is 378 g/mol. The third-order valence-electron chi connectivity index (χ3n) is 3.70. The van der Waals surface area contributed by atoms with Crippen LogP contribution in [0.3, 0.4) is 0 Å². The van der Waals surface area contributed by atoms with E-state index in [1.54, 1.807) is 24.7 Å². The number of aliphatic hydroxyl groups is 1. The highest BCUT2D eigenvalue weighted by Gasteiger charge is 2.20. The van der Waals surface area contributed by atoms with Crippen LogP contribution in [0, 0.1) is 0 Å². The van der Waals surface area contributed by atoms with E-state index < -0.39 is 5.60 Å². The van der Waals surface area contributed by atoms with Crippen LogP contribution in [0.2, 0.25) is 5.02 Å². The third-order valence-corrected chi connectivity index (χ3v) is 4.63. The zero-order valence-corrected chi connectivity index (χ0v) is 15.8. The lowest BCUT2D eigenvalue weighted by Crippen LogP contribution is -2.27. The number of nitrogens with zero attached hydrogens (tertiary/aromatic N) is 4. The molecule has 0 aliphatic rings. The van der Waals surface area contributed by atoms with Crippen molar-refractivity contribution < 1.29 is 5.11 Å². The van der Waals surface area contributed by atoms with Gasteiger partial charge in [-0.1, -0.05) is 35.5 Å². The molecule has 0 saturated heterocycles. The van der Waals surface area contributed by atoms with Crippen LogP contribution in [-0.2, 0) is 13.1 Å². The molecule has 25 heavy (non-hydrogen) atoms. The van der Waals surface area contributed by atoms with Gasteiger partial charge < -0.3 is 9.67 Å². The van der Waals surface area contributed by atoms with E-state index in [0.717, 1.165) is 5.56 Å². The summed E-state index contributed by atoms with van der Waals surface area (Å²) in [6.07, 6.45) is 3.45. The number of fused-ring (bicyclic) bond motifs is 1. The van der Waals surface area contributed by atoms with Gasteiger partial charge in [-0.15, -0.1) is 0 Å². The van der Waals surface area contributed by atoms with E-state index in [0.29, 0.717) is 27.9 Å². The Bertz CT molecular complexity index is 958. The van der Waals surface area contributed by atoms with Gasteiger partial charge in [0.15, 0.2) is 16.3 Å². The van der Waals surface area contributed by atoms with Crippen LogP contribution in [-0.4, -0.2) is 36.1 Å². The van der Waals surface area contributed by atoms with E-state index >= 15 is 0 Å². The Morgan fingerprint density at radius 3 is 2.56 bits per heavy atom. The number of benzene rings is 1. The van der Waals surface area contributed by atoms with Crippen LogP contribution in [0.4, 0.5) is 0 Å². The van der Waals surface area contributed by atoms with Gasteiger partial charge in [-0.3, -0.25) is 9.36 Å². The fourth-order valence-corrected chi connectivity index (χ4v) is 3.36. The number of hydrogen-bond acceptors (Lipinski definition) is 5. The summed E-state index contributed by atoms with van der Waals surface area (Å²) >= 11 is 7.35. The van der Waals surface area contributed by atoms with Gasteiger partial charge in [0, 0.05) is 5.02 Å². The van der Waals surface area contributed by atoms with E-state index in [4.69, 9.17) is 11.6 Å². The lowest BCUT2D eigenvalue weighted by molar-refractivity contribution is 0.0626. The summed E-state index contributed by atoms with van der Waals surface area (Å²) in [7, 11) is 0. The highest BCUT2D eigenvalue weighted by atomic mass is 35.5. The molecule has 1 aromatic carbocycles. The molecule has 0 spiro atoms. The zero-order valence-electron chi connectivity index (χ0n) is 14.2. The van der Waals surface area contributed by atoms with Gasteiger partial charge in [0.2, 0.25) is 0 Å². The molecular weight excluding hydrogens is 360 g/mol. The molecule has 0 aliphatic heterocycles. The maximum atomic E-state index is 12.5. The average molecular weight is 379 g/mol. The summed E-state index contributed by atoms with van der Waals surface area (Å²) in [6.45, 7) is 4.17. The number of imidazole rings is 1. The molecule has 132 valence electrons. The number of rotatable bonds is 5. The maximum absolute atomic E-state index is 12.5. The van der Waals surface area contributed by atoms with Gasteiger partial charge in [0.1, 0.15) is 0 Å². The van der Waals surface area contributed by atoms with Crippen molar-refractivity contribution in [1.29, 1.82) is 0 Å². The molecule has 0 bridgehead atoms. The van der Waals surface area contributed by atoms with Crippen LogP contribution < -0.4 is 5.56 Å². The number of aromatic nitrogens is 4. The van der Waals surface area contributed by atoms with Gasteiger partial charge in [0.25, 0.3) is 5.56 Å². The lowest BCUT2D eigenvalue weighted by atomic mass is 10.1. The van der Waals surface area contributed by atoms with E-state index in [-0.39, 0.29) is 12.1 Å². The Morgan fingerprint density at radius 2 is 1.96 bits per heavy atom. The van der Waals surface area contributed by atoms with Crippen molar-refractivity contribution in [3.63, 3.8) is 0 Å². The van der Waals surface area contributed by atoms with E-state index in [1.165, 1.54) is 11.8 Å². The molecule has 2 heterocycles. The van der Waals surface area contributed by atoms with Crippen molar-refractivity contribution in [2.45, 2.75) is 37.7 Å². The van der Waals surface area contributed by atoms with Crippen molar-refractivity contribution in [3.05, 3.63) is 51.5 Å². The van der Waals surface area contributed by atoms with Crippen LogP contribution in [0.25, 0.3) is 11.2 Å². The first-order valence-corrected chi connectivity index (χ1v) is 9.35. The smallest absolute Gasteiger partial charge is 0.299 e. The summed E-state index contributed by atoms with van der Waals surface area (Å²) in [6, 6.07) is 7.53. The second-order valence-corrected chi connectivity index (χ2v) is 7.68. The van der Waals surface area contributed by atoms with Gasteiger partial charge in [-0.05, 0) is 37.8 Å². The third kappa shape index (κ3) is 3.89. The molecule has 3 aromatic rings. The Kier molecular flexibility index (Phi) is 4.90. The highest BCUT2D eigenvalue weighted by molar-refractivity contribution is 7.98. The fraction of sp³-hybridized carbons (Fsp3) is 0.353. The largest absolute Gasteiger partial charge is 0.389 e. The van der Waals surface area contributed by atoms with Crippen LogP contribution in [0.5, 0.6) is 0 Å². The SMILES string of the molecule is CSc1nc(=O)c2c(ncn2CC(C)(C)O)n1Cc1ccc(Cl)cc1. The zero-order chi connectivity index (χ0) is 18.2. The number of hydrogen-bond donors (Lipinski definition) is 1. The second kappa shape index (κ2) is 6.82. The van der Waals surface area contributed by atoms with E-state index in [2.05, 4.69) is 9.97 Å². The predicted octanol–water partition coefficient (Wildman–Crippen LogP) is 2.79. The quantitative estimate of drug-likeness (QED) is 0.546. The average Bonchev–Trinajstić information content (AvgIpc) is 2.94. The van der Waals surface area contributed by atoms with Crippen LogP contribution in [0.15, 0.2) is 40.5 Å². The summed E-state index contributed by atoms with van der Waals surface area (Å²) in [4.78, 5) is 21.1. The molecule has 0 amide bonds. The summed E-state index contributed by atoms with van der Waals surface area (Å²) in [5.74, 6) is 0. The molecule has 8 heteroatoms. The minimum Gasteiger partial charge on any atom is -0.389 e. The van der Waals surface area contributed by atoms with Crippen molar-refractivity contribution in [3.8, 4) is 0 Å². The van der Waals surface area contributed by atoms with Crippen molar-refractivity contribution >= 4 is 34.5 Å². The topological polar surface area (TPSA) is 72.9 Å². The minimum absolute atomic E-state index is 0.264. The Balaban J connectivity index is 2.14. The Labute approximate surface area is 154 Å². The summed E-state index contributed by atoms with van der Waals surface area (Å²) < 4.78 is 3.57. The van der Waals surface area contributed by atoms with Gasteiger partial charge in [-0.2, -0.15) is 4.98 Å². The van der Waals surface area contributed by atoms with E-state index in [1.807, 2.05) is 35.1 Å². The molecule has 0 unspecified atom stereocenters. The Hall–Kier alpha value is -1.83. The second-order valence-electron chi connectivity index (χ2n) is 6.47. The molecule has 0 aliphatic carbocycles. The molecule has 0 atom stereocenters. The molecule has 1 N–H and O–H groups in total. The first-order valence-electron chi connectivity index (χ1n) is 7.75. The molecule has 0 fully saturated rings.